The molecule has 94 heavy (non-hydrogen) atoms. The first-order valence-electron chi connectivity index (χ1n) is 34.9. The topological polar surface area (TPSA) is 80.3 Å². The zero-order valence-electron chi connectivity index (χ0n) is 57.3. The smallest absolute Gasteiger partial charge is 0.179 e. The van der Waals surface area contributed by atoms with Crippen molar-refractivity contribution in [2.75, 3.05) is 62.7 Å². The van der Waals surface area contributed by atoms with Gasteiger partial charge >= 0.3 is 0 Å². The lowest BCUT2D eigenvalue weighted by Crippen LogP contribution is -2.10. The van der Waals surface area contributed by atoms with Gasteiger partial charge in [0, 0.05) is 34.1 Å². The molecule has 0 aliphatic heterocycles. The third-order valence-electron chi connectivity index (χ3n) is 15.7. The molecule has 0 radical (unpaired) electrons. The second-order valence-corrected chi connectivity index (χ2v) is 25.6. The van der Waals surface area contributed by atoms with E-state index in [4.69, 9.17) is 37.9 Å². The van der Waals surface area contributed by atoms with Gasteiger partial charge in [-0.25, -0.2) is 0 Å². The lowest BCUT2D eigenvalue weighted by molar-refractivity contribution is 0.263. The average Bonchev–Trinajstić information content (AvgIpc) is 1.44. The fourth-order valence-electron chi connectivity index (χ4n) is 10.1. The van der Waals surface area contributed by atoms with Crippen LogP contribution in [0.3, 0.4) is 0 Å². The number of unbranched alkanes of at least 4 members (excludes halogenated alkanes) is 8. The Morgan fingerprint density at radius 3 is 0.617 bits per heavy atom. The van der Waals surface area contributed by atoms with Crippen LogP contribution in [-0.4, -0.2) is 52.9 Å². The van der Waals surface area contributed by atoms with Crippen LogP contribution in [0.5, 0.6) is 46.0 Å². The molecule has 8 rings (SSSR count). The van der Waals surface area contributed by atoms with Crippen LogP contribution in [0, 0.1) is 0 Å². The summed E-state index contributed by atoms with van der Waals surface area (Å²) in [5, 5.41) is 0. The molecule has 0 aliphatic rings. The summed E-state index contributed by atoms with van der Waals surface area (Å²) in [7, 11) is 0. The van der Waals surface area contributed by atoms with E-state index in [1.165, 1.54) is 0 Å². The quantitative estimate of drug-likeness (QED) is 0.0345. The molecule has 0 N–H and O–H groups in total. The first kappa shape index (κ1) is 71.8. The minimum Gasteiger partial charge on any atom is -0.494 e. The second-order valence-electron chi connectivity index (χ2n) is 23.4. The van der Waals surface area contributed by atoms with Gasteiger partial charge in [-0.2, -0.15) is 0 Å². The number of anilines is 6. The molecule has 2 aromatic heterocycles. The van der Waals surface area contributed by atoms with E-state index >= 15 is 0 Å². The van der Waals surface area contributed by atoms with E-state index in [9.17, 15) is 0 Å². The van der Waals surface area contributed by atoms with E-state index in [-0.39, 0.29) is 0 Å². The average molecular weight is 1310 g/mol. The van der Waals surface area contributed by atoms with Crippen LogP contribution in [0.15, 0.2) is 146 Å². The summed E-state index contributed by atoms with van der Waals surface area (Å²) in [6, 6.07) is 51.0. The minimum absolute atomic E-state index is 0.583. The van der Waals surface area contributed by atoms with Gasteiger partial charge in [-0.3, -0.25) is 0 Å². The largest absolute Gasteiger partial charge is 0.494 e. The van der Waals surface area contributed by atoms with E-state index in [2.05, 4.69) is 247 Å². The maximum Gasteiger partial charge on any atom is 0.179 e. The van der Waals surface area contributed by atoms with Crippen LogP contribution >= 0.6 is 22.7 Å². The highest BCUT2D eigenvalue weighted by Crippen LogP contribution is 2.49. The maximum atomic E-state index is 6.76. The summed E-state index contributed by atoms with van der Waals surface area (Å²) >= 11 is 3.36. The SMILES string of the molecule is CCCCOc1ccc(N(c2ccc(/C=C/c3sc(/C=C/c4sc(/C=C/c5ccc(N(c6ccc(OCCCC)cc6)c6ccc(OCCCC)cc6)cc5)c(OCCCC)c4OCCCC)c(OCCCC)c3OCCCC)cc2)c2ccc(OCCCC)cc2)cc1. The molecule has 0 unspecified atom stereocenters. The lowest BCUT2D eigenvalue weighted by atomic mass is 10.1. The van der Waals surface area contributed by atoms with Gasteiger partial charge in [-0.1, -0.05) is 143 Å². The van der Waals surface area contributed by atoms with Crippen LogP contribution in [0.2, 0.25) is 0 Å². The van der Waals surface area contributed by atoms with Crippen LogP contribution in [0.4, 0.5) is 34.1 Å². The predicted octanol–water partition coefficient (Wildman–Crippen LogP) is 24.7. The van der Waals surface area contributed by atoms with Gasteiger partial charge in [-0.05, 0) is 208 Å². The molecule has 0 aliphatic carbocycles. The van der Waals surface area contributed by atoms with Crippen LogP contribution in [0.1, 0.15) is 189 Å². The number of rotatable bonds is 44. The Morgan fingerprint density at radius 2 is 0.415 bits per heavy atom. The normalized spacial score (nSPS) is 11.4. The van der Waals surface area contributed by atoms with Crippen molar-refractivity contribution in [1.29, 1.82) is 0 Å². The summed E-state index contributed by atoms with van der Waals surface area (Å²) < 4.78 is 51.2. The molecular formula is C82H102N2O8S2. The molecule has 0 saturated heterocycles. The van der Waals surface area contributed by atoms with Crippen LogP contribution in [0.25, 0.3) is 36.5 Å². The van der Waals surface area contributed by atoms with Crippen molar-refractivity contribution in [2.45, 2.75) is 158 Å². The van der Waals surface area contributed by atoms with E-state index in [0.29, 0.717) is 52.9 Å². The number of hydrogen-bond donors (Lipinski definition) is 0. The highest BCUT2D eigenvalue weighted by atomic mass is 32.1. The molecule has 0 saturated carbocycles. The molecule has 500 valence electrons. The number of ether oxygens (including phenoxy) is 8. The molecule has 6 aromatic carbocycles. The second kappa shape index (κ2) is 40.2. The van der Waals surface area contributed by atoms with Crippen molar-refractivity contribution in [1.82, 2.24) is 0 Å². The molecule has 0 amide bonds. The van der Waals surface area contributed by atoms with Gasteiger partial charge in [0.05, 0.1) is 72.4 Å². The lowest BCUT2D eigenvalue weighted by Gasteiger charge is -2.26. The summed E-state index contributed by atoms with van der Waals surface area (Å²) in [6.07, 6.45) is 29.3. The standard InChI is InChI=1S/C82H102N2O8S2/c1-9-17-55-85-71-43-35-67(36-44-71)83(68-37-45-72(46-38-68)86-56-18-10-2)65-31-25-63(26-32-65)29-51-75-79(89-59-21-13-5)81(91-61-23-15-7)77(93-75)53-54-78-82(92-62-24-16-8)80(90-60-22-14-6)76(94-78)52-30-64-27-33-66(34-28-64)84(69-39-47-73(48-40-69)87-57-19-11-3)70-41-49-74(50-42-70)88-58-20-12-4/h25-54H,9-24,55-62H2,1-8H3/b51-29+,52-30+,54-53+. The van der Waals surface area contributed by atoms with Crippen molar-refractivity contribution in [3.05, 3.63) is 176 Å². The Labute approximate surface area is 570 Å². The van der Waals surface area contributed by atoms with Crippen molar-refractivity contribution < 1.29 is 37.9 Å². The number of thiophene rings is 2. The highest BCUT2D eigenvalue weighted by molar-refractivity contribution is 7.15. The van der Waals surface area contributed by atoms with Crippen LogP contribution in [-0.2, 0) is 0 Å². The van der Waals surface area contributed by atoms with Gasteiger partial charge in [-0.15, -0.1) is 22.7 Å². The Balaban J connectivity index is 1.11. The first-order valence-corrected chi connectivity index (χ1v) is 36.6. The zero-order chi connectivity index (χ0) is 66.0. The van der Waals surface area contributed by atoms with Gasteiger partial charge in [0.2, 0.25) is 0 Å². The first-order chi connectivity index (χ1) is 46.3. The Bertz CT molecular complexity index is 3160. The van der Waals surface area contributed by atoms with Crippen molar-refractivity contribution in [3.63, 3.8) is 0 Å². The minimum atomic E-state index is 0.583. The molecule has 0 spiro atoms. The van der Waals surface area contributed by atoms with Crippen LogP contribution < -0.4 is 47.7 Å². The summed E-state index contributed by atoms with van der Waals surface area (Å²) in [5.41, 5.74) is 8.34. The summed E-state index contributed by atoms with van der Waals surface area (Å²) in [4.78, 5) is 8.51. The van der Waals surface area contributed by atoms with Gasteiger partial charge < -0.3 is 47.7 Å². The maximum absolute atomic E-state index is 6.76. The van der Waals surface area contributed by atoms with E-state index in [0.717, 1.165) is 213 Å². The fraction of sp³-hybridized carbons (Fsp3) is 0.390. The molecule has 0 fully saturated rings. The fourth-order valence-corrected chi connectivity index (χ4v) is 12.1. The summed E-state index contributed by atoms with van der Waals surface area (Å²) in [5.74, 6) is 6.58. The highest BCUT2D eigenvalue weighted by Gasteiger charge is 2.23. The van der Waals surface area contributed by atoms with E-state index in [1.807, 2.05) is 0 Å². The van der Waals surface area contributed by atoms with Gasteiger partial charge in [0.1, 0.15) is 23.0 Å². The molecule has 2 heterocycles. The third kappa shape index (κ3) is 21.7. The number of benzene rings is 6. The van der Waals surface area contributed by atoms with Gasteiger partial charge in [0.25, 0.3) is 0 Å². The summed E-state index contributed by atoms with van der Waals surface area (Å²) in [6.45, 7) is 22.7. The predicted molar refractivity (Wildman–Crippen MR) is 401 cm³/mol. The van der Waals surface area contributed by atoms with E-state index in [1.54, 1.807) is 22.7 Å². The van der Waals surface area contributed by atoms with Crippen molar-refractivity contribution in [2.24, 2.45) is 0 Å². The number of nitrogens with zero attached hydrogens (tertiary/aromatic N) is 2. The monoisotopic (exact) mass is 1310 g/mol. The Hall–Kier alpha value is -8.06. The molecule has 0 bridgehead atoms. The molecule has 8 aromatic rings. The molecule has 0 atom stereocenters. The molecular weight excluding hydrogens is 1210 g/mol. The van der Waals surface area contributed by atoms with Crippen molar-refractivity contribution in [3.8, 4) is 46.0 Å². The van der Waals surface area contributed by atoms with Crippen molar-refractivity contribution >= 4 is 93.3 Å². The Kier molecular flexibility index (Phi) is 30.7. The zero-order valence-corrected chi connectivity index (χ0v) is 58.9. The molecule has 12 heteroatoms. The Morgan fingerprint density at radius 1 is 0.234 bits per heavy atom. The third-order valence-corrected chi connectivity index (χ3v) is 17.9. The molecule has 10 nitrogen and oxygen atoms in total. The number of hydrogen-bond acceptors (Lipinski definition) is 12. The van der Waals surface area contributed by atoms with Gasteiger partial charge in [0.15, 0.2) is 23.0 Å². The van der Waals surface area contributed by atoms with E-state index < -0.39 is 0 Å².